The van der Waals surface area contributed by atoms with Crippen LogP contribution in [0.3, 0.4) is 0 Å². The predicted molar refractivity (Wildman–Crippen MR) is 75.3 cm³/mol. The number of rotatable bonds is 8. The van der Waals surface area contributed by atoms with Gasteiger partial charge in [0.1, 0.15) is 0 Å². The molecule has 0 atom stereocenters. The van der Waals surface area contributed by atoms with Crippen LogP contribution in [0.2, 0.25) is 0 Å². The van der Waals surface area contributed by atoms with E-state index in [-0.39, 0.29) is 0 Å². The Kier molecular flexibility index (Phi) is 6.78. The molecule has 0 heterocycles. The minimum absolute atomic E-state index is 0.573. The quantitative estimate of drug-likeness (QED) is 0.706. The summed E-state index contributed by atoms with van der Waals surface area (Å²) in [6, 6.07) is 0. The van der Waals surface area contributed by atoms with Gasteiger partial charge in [0.15, 0.2) is 0 Å². The van der Waals surface area contributed by atoms with Crippen molar-refractivity contribution < 1.29 is 0 Å². The molecule has 96 valence electrons. The maximum absolute atomic E-state index is 3.56. The lowest BCUT2D eigenvalue weighted by molar-refractivity contribution is 0.179. The Morgan fingerprint density at radius 2 is 2.00 bits per heavy atom. The van der Waals surface area contributed by atoms with Crippen molar-refractivity contribution in [3.8, 4) is 0 Å². The molecule has 2 nitrogen and oxygen atoms in total. The van der Waals surface area contributed by atoms with E-state index in [1.165, 1.54) is 51.1 Å². The lowest BCUT2D eigenvalue weighted by Gasteiger charge is -2.34. The summed E-state index contributed by atoms with van der Waals surface area (Å²) in [7, 11) is 2.28. The molecule has 0 aromatic carbocycles. The SMILES string of the molecule is CCNCC1(CN(C)CCSC)CCCC1. The second-order valence-electron chi connectivity index (χ2n) is 5.22. The Morgan fingerprint density at radius 3 is 2.56 bits per heavy atom. The first-order valence-corrected chi connectivity index (χ1v) is 8.00. The smallest absolute Gasteiger partial charge is 0.00694 e. The second kappa shape index (κ2) is 7.57. The van der Waals surface area contributed by atoms with Crippen molar-refractivity contribution in [1.29, 1.82) is 0 Å². The highest BCUT2D eigenvalue weighted by atomic mass is 32.2. The van der Waals surface area contributed by atoms with Crippen molar-refractivity contribution in [3.05, 3.63) is 0 Å². The van der Waals surface area contributed by atoms with Crippen LogP contribution in [0.15, 0.2) is 0 Å². The van der Waals surface area contributed by atoms with Gasteiger partial charge in [0.05, 0.1) is 0 Å². The van der Waals surface area contributed by atoms with Crippen LogP contribution >= 0.6 is 11.8 Å². The monoisotopic (exact) mass is 244 g/mol. The molecule has 1 aliphatic carbocycles. The van der Waals surface area contributed by atoms with Crippen LogP contribution in [0.25, 0.3) is 0 Å². The fraction of sp³-hybridized carbons (Fsp3) is 1.00. The van der Waals surface area contributed by atoms with E-state index in [1.807, 2.05) is 11.8 Å². The second-order valence-corrected chi connectivity index (χ2v) is 6.20. The van der Waals surface area contributed by atoms with E-state index < -0.39 is 0 Å². The summed E-state index contributed by atoms with van der Waals surface area (Å²) >= 11 is 1.95. The molecule has 0 aliphatic heterocycles. The van der Waals surface area contributed by atoms with Gasteiger partial charge in [0.25, 0.3) is 0 Å². The van der Waals surface area contributed by atoms with Crippen molar-refractivity contribution in [2.24, 2.45) is 5.41 Å². The first-order valence-electron chi connectivity index (χ1n) is 6.61. The average molecular weight is 244 g/mol. The molecule has 0 saturated heterocycles. The zero-order chi connectivity index (χ0) is 11.9. The fourth-order valence-electron chi connectivity index (χ4n) is 2.80. The summed E-state index contributed by atoms with van der Waals surface area (Å²) in [5.74, 6) is 1.26. The van der Waals surface area contributed by atoms with Gasteiger partial charge in [-0.15, -0.1) is 0 Å². The number of nitrogens with one attached hydrogen (secondary N) is 1. The summed E-state index contributed by atoms with van der Waals surface area (Å²) in [6.45, 7) is 7.04. The van der Waals surface area contributed by atoms with E-state index in [1.54, 1.807) is 0 Å². The van der Waals surface area contributed by atoms with Crippen LogP contribution < -0.4 is 5.32 Å². The highest BCUT2D eigenvalue weighted by Crippen LogP contribution is 2.38. The van der Waals surface area contributed by atoms with Crippen LogP contribution in [-0.2, 0) is 0 Å². The zero-order valence-electron chi connectivity index (χ0n) is 11.2. The molecule has 0 aromatic heterocycles. The molecule has 0 unspecified atom stereocenters. The summed E-state index contributed by atoms with van der Waals surface area (Å²) in [4.78, 5) is 2.53. The summed E-state index contributed by atoms with van der Waals surface area (Å²) in [5.41, 5.74) is 0.573. The lowest BCUT2D eigenvalue weighted by atomic mass is 9.85. The summed E-state index contributed by atoms with van der Waals surface area (Å²) in [5, 5.41) is 3.56. The third kappa shape index (κ3) is 4.64. The molecular formula is C13H28N2S. The molecule has 16 heavy (non-hydrogen) atoms. The molecule has 0 radical (unpaired) electrons. The third-order valence-electron chi connectivity index (χ3n) is 3.70. The molecule has 1 saturated carbocycles. The van der Waals surface area contributed by atoms with Crippen molar-refractivity contribution in [1.82, 2.24) is 10.2 Å². The Balaban J connectivity index is 2.37. The highest BCUT2D eigenvalue weighted by Gasteiger charge is 2.34. The van der Waals surface area contributed by atoms with Gasteiger partial charge in [-0.25, -0.2) is 0 Å². The Labute approximate surface area is 106 Å². The fourth-order valence-corrected chi connectivity index (χ4v) is 3.30. The Bertz CT molecular complexity index is 179. The highest BCUT2D eigenvalue weighted by molar-refractivity contribution is 7.98. The number of nitrogens with zero attached hydrogens (tertiary/aromatic N) is 1. The zero-order valence-corrected chi connectivity index (χ0v) is 12.0. The van der Waals surface area contributed by atoms with Gasteiger partial charge in [-0.05, 0) is 38.1 Å². The maximum Gasteiger partial charge on any atom is 0.00694 e. The molecule has 0 aromatic rings. The molecule has 1 rings (SSSR count). The van der Waals surface area contributed by atoms with Crippen molar-refractivity contribution in [2.45, 2.75) is 32.6 Å². The predicted octanol–water partition coefficient (Wildman–Crippen LogP) is 2.45. The average Bonchev–Trinajstić information content (AvgIpc) is 2.72. The van der Waals surface area contributed by atoms with E-state index in [0.29, 0.717) is 5.41 Å². The maximum atomic E-state index is 3.56. The van der Waals surface area contributed by atoms with Gasteiger partial charge in [-0.3, -0.25) is 0 Å². The Hall–Kier alpha value is 0.270. The standard InChI is InChI=1S/C13H28N2S/c1-4-14-11-13(7-5-6-8-13)12-15(2)9-10-16-3/h14H,4-12H2,1-3H3. The van der Waals surface area contributed by atoms with Crippen molar-refractivity contribution >= 4 is 11.8 Å². The van der Waals surface area contributed by atoms with Crippen LogP contribution in [0.5, 0.6) is 0 Å². The minimum Gasteiger partial charge on any atom is -0.316 e. The normalized spacial score (nSPS) is 19.5. The van der Waals surface area contributed by atoms with Crippen LogP contribution in [0.4, 0.5) is 0 Å². The van der Waals surface area contributed by atoms with Crippen LogP contribution in [0, 0.1) is 5.41 Å². The van der Waals surface area contributed by atoms with E-state index in [9.17, 15) is 0 Å². The number of hydrogen-bond acceptors (Lipinski definition) is 3. The van der Waals surface area contributed by atoms with E-state index in [2.05, 4.69) is 30.4 Å². The van der Waals surface area contributed by atoms with E-state index >= 15 is 0 Å². The van der Waals surface area contributed by atoms with Gasteiger partial charge in [-0.2, -0.15) is 11.8 Å². The van der Waals surface area contributed by atoms with Gasteiger partial charge in [0.2, 0.25) is 0 Å². The summed E-state index contributed by atoms with van der Waals surface area (Å²) in [6.07, 6.45) is 7.90. The first kappa shape index (κ1) is 14.3. The summed E-state index contributed by atoms with van der Waals surface area (Å²) < 4.78 is 0. The third-order valence-corrected chi connectivity index (χ3v) is 4.29. The number of hydrogen-bond donors (Lipinski definition) is 1. The van der Waals surface area contributed by atoms with Crippen molar-refractivity contribution in [2.75, 3.05) is 45.2 Å². The molecule has 1 fully saturated rings. The molecule has 0 bridgehead atoms. The van der Waals surface area contributed by atoms with E-state index in [4.69, 9.17) is 0 Å². The van der Waals surface area contributed by atoms with Crippen molar-refractivity contribution in [3.63, 3.8) is 0 Å². The van der Waals surface area contributed by atoms with Gasteiger partial charge < -0.3 is 10.2 Å². The molecule has 1 N–H and O–H groups in total. The molecular weight excluding hydrogens is 216 g/mol. The topological polar surface area (TPSA) is 15.3 Å². The number of thioether (sulfide) groups is 1. The minimum atomic E-state index is 0.573. The Morgan fingerprint density at radius 1 is 1.31 bits per heavy atom. The van der Waals surface area contributed by atoms with E-state index in [0.717, 1.165) is 6.54 Å². The van der Waals surface area contributed by atoms with Crippen LogP contribution in [0.1, 0.15) is 32.6 Å². The molecule has 3 heteroatoms. The van der Waals surface area contributed by atoms with Gasteiger partial charge in [-0.1, -0.05) is 19.8 Å². The first-order chi connectivity index (χ1) is 7.72. The molecule has 0 spiro atoms. The molecule has 1 aliphatic rings. The van der Waals surface area contributed by atoms with Gasteiger partial charge >= 0.3 is 0 Å². The molecule has 0 amide bonds. The lowest BCUT2D eigenvalue weighted by Crippen LogP contribution is -2.41. The van der Waals surface area contributed by atoms with Gasteiger partial charge in [0, 0.05) is 25.4 Å². The largest absolute Gasteiger partial charge is 0.316 e. The van der Waals surface area contributed by atoms with Crippen LogP contribution in [-0.4, -0.2) is 50.1 Å².